The van der Waals surface area contributed by atoms with E-state index in [0.717, 1.165) is 25.7 Å². The number of nitrogens with one attached hydrogen (secondary N) is 2. The summed E-state index contributed by atoms with van der Waals surface area (Å²) >= 11 is 0. The maximum Gasteiger partial charge on any atom is 0.272 e. The van der Waals surface area contributed by atoms with Crippen LogP contribution in [0.3, 0.4) is 0 Å². The molecule has 0 saturated heterocycles. The van der Waals surface area contributed by atoms with Crippen LogP contribution in [0.4, 0.5) is 0 Å². The lowest BCUT2D eigenvalue weighted by molar-refractivity contribution is -0.133. The SMILES string of the molecule is CC(C)NC(=O)c1cc2n(n1)CC(C)(C(=O)NC1CCCCCC1)N(C)C2=O. The fraction of sp³-hybridized carbons (Fsp3) is 0.700. The largest absolute Gasteiger partial charge is 0.351 e. The quantitative estimate of drug-likeness (QED) is 0.766. The highest BCUT2D eigenvalue weighted by Crippen LogP contribution is 2.27. The number of carbonyl (C=O) groups excluding carboxylic acids is 3. The molecule has 1 fully saturated rings. The number of amides is 3. The summed E-state index contributed by atoms with van der Waals surface area (Å²) in [4.78, 5) is 39.8. The maximum atomic E-state index is 13.1. The van der Waals surface area contributed by atoms with E-state index in [4.69, 9.17) is 0 Å². The van der Waals surface area contributed by atoms with Crippen LogP contribution in [0.15, 0.2) is 6.07 Å². The topological polar surface area (TPSA) is 96.3 Å². The van der Waals surface area contributed by atoms with Crippen molar-refractivity contribution in [3.8, 4) is 0 Å². The lowest BCUT2D eigenvalue weighted by Crippen LogP contribution is -2.63. The monoisotopic (exact) mass is 389 g/mol. The van der Waals surface area contributed by atoms with Crippen molar-refractivity contribution in [3.05, 3.63) is 17.5 Å². The Morgan fingerprint density at radius 2 is 1.86 bits per heavy atom. The van der Waals surface area contributed by atoms with Crippen LogP contribution in [-0.2, 0) is 11.3 Å². The summed E-state index contributed by atoms with van der Waals surface area (Å²) in [5.74, 6) is -0.789. The standard InChI is InChI=1S/C20H31N5O3/c1-13(2)21-17(26)15-11-16-18(27)24(4)20(3,12-25(16)23-15)19(28)22-14-9-7-5-6-8-10-14/h11,13-14H,5-10,12H2,1-4H3,(H,21,26)(H,22,28). The van der Waals surface area contributed by atoms with Crippen molar-refractivity contribution in [1.29, 1.82) is 0 Å². The zero-order chi connectivity index (χ0) is 20.5. The van der Waals surface area contributed by atoms with Crippen molar-refractivity contribution in [3.63, 3.8) is 0 Å². The van der Waals surface area contributed by atoms with Gasteiger partial charge in [0.1, 0.15) is 11.2 Å². The molecule has 0 bridgehead atoms. The lowest BCUT2D eigenvalue weighted by Gasteiger charge is -2.41. The Kier molecular flexibility index (Phi) is 5.76. The molecule has 1 aromatic heterocycles. The predicted octanol–water partition coefficient (Wildman–Crippen LogP) is 1.70. The molecule has 8 heteroatoms. The first-order valence-corrected chi connectivity index (χ1v) is 10.2. The van der Waals surface area contributed by atoms with Gasteiger partial charge in [-0.05, 0) is 33.6 Å². The van der Waals surface area contributed by atoms with Gasteiger partial charge in [0.05, 0.1) is 6.54 Å². The number of hydrogen-bond donors (Lipinski definition) is 2. The van der Waals surface area contributed by atoms with E-state index in [1.807, 2.05) is 13.8 Å². The van der Waals surface area contributed by atoms with Crippen LogP contribution in [0.2, 0.25) is 0 Å². The van der Waals surface area contributed by atoms with Gasteiger partial charge in [0.2, 0.25) is 5.91 Å². The van der Waals surface area contributed by atoms with E-state index in [2.05, 4.69) is 15.7 Å². The third-order valence-electron chi connectivity index (χ3n) is 5.83. The van der Waals surface area contributed by atoms with Gasteiger partial charge in [0, 0.05) is 25.2 Å². The Bertz CT molecular complexity index is 764. The fourth-order valence-electron chi connectivity index (χ4n) is 3.94. The zero-order valence-corrected chi connectivity index (χ0v) is 17.2. The molecule has 3 rings (SSSR count). The summed E-state index contributed by atoms with van der Waals surface area (Å²) in [5.41, 5.74) is -0.524. The molecule has 1 saturated carbocycles. The zero-order valence-electron chi connectivity index (χ0n) is 17.2. The fourth-order valence-corrected chi connectivity index (χ4v) is 3.94. The number of rotatable bonds is 4. The number of fused-ring (bicyclic) bond motifs is 1. The van der Waals surface area contributed by atoms with Crippen molar-refractivity contribution in [1.82, 2.24) is 25.3 Å². The Balaban J connectivity index is 1.80. The molecule has 1 aliphatic carbocycles. The molecule has 0 aromatic carbocycles. The van der Waals surface area contributed by atoms with Crippen LogP contribution in [0.25, 0.3) is 0 Å². The van der Waals surface area contributed by atoms with Gasteiger partial charge >= 0.3 is 0 Å². The van der Waals surface area contributed by atoms with Crippen LogP contribution in [0.1, 0.15) is 80.3 Å². The van der Waals surface area contributed by atoms with Crippen molar-refractivity contribution in [2.24, 2.45) is 0 Å². The van der Waals surface area contributed by atoms with Crippen LogP contribution in [0, 0.1) is 0 Å². The molecule has 0 spiro atoms. The van der Waals surface area contributed by atoms with Gasteiger partial charge in [-0.2, -0.15) is 5.10 Å². The van der Waals surface area contributed by atoms with E-state index in [-0.39, 0.29) is 42.0 Å². The first kappa shape index (κ1) is 20.4. The molecule has 1 atom stereocenters. The molecule has 154 valence electrons. The predicted molar refractivity (Wildman–Crippen MR) is 105 cm³/mol. The second-order valence-electron chi connectivity index (χ2n) is 8.50. The minimum absolute atomic E-state index is 0.0276. The first-order valence-electron chi connectivity index (χ1n) is 10.2. The van der Waals surface area contributed by atoms with E-state index < -0.39 is 5.54 Å². The molecule has 2 aliphatic rings. The van der Waals surface area contributed by atoms with Gasteiger partial charge in [0.15, 0.2) is 5.69 Å². The maximum absolute atomic E-state index is 13.1. The summed E-state index contributed by atoms with van der Waals surface area (Å²) in [5, 5.41) is 10.2. The van der Waals surface area contributed by atoms with Gasteiger partial charge in [0.25, 0.3) is 11.8 Å². The number of nitrogens with zero attached hydrogens (tertiary/aromatic N) is 3. The Morgan fingerprint density at radius 1 is 1.21 bits per heavy atom. The molecule has 2 N–H and O–H groups in total. The van der Waals surface area contributed by atoms with E-state index >= 15 is 0 Å². The summed E-state index contributed by atoms with van der Waals surface area (Å²) in [6, 6.07) is 1.63. The third kappa shape index (κ3) is 3.91. The molecule has 1 aliphatic heterocycles. The smallest absolute Gasteiger partial charge is 0.272 e. The number of hydrogen-bond acceptors (Lipinski definition) is 4. The minimum Gasteiger partial charge on any atom is -0.351 e. The third-order valence-corrected chi connectivity index (χ3v) is 5.83. The summed E-state index contributed by atoms with van der Waals surface area (Å²) in [6.07, 6.45) is 6.61. The molecule has 28 heavy (non-hydrogen) atoms. The molecule has 3 amide bonds. The molecule has 0 radical (unpaired) electrons. The Morgan fingerprint density at radius 3 is 2.46 bits per heavy atom. The van der Waals surface area contributed by atoms with Crippen molar-refractivity contribution in [2.45, 2.75) is 83.5 Å². The normalized spacial score (nSPS) is 23.3. The van der Waals surface area contributed by atoms with Gasteiger partial charge in [-0.3, -0.25) is 19.1 Å². The Hall–Kier alpha value is -2.38. The van der Waals surface area contributed by atoms with Gasteiger partial charge in [-0.15, -0.1) is 0 Å². The molecule has 8 nitrogen and oxygen atoms in total. The minimum atomic E-state index is -1.05. The van der Waals surface area contributed by atoms with Crippen molar-refractivity contribution in [2.75, 3.05) is 7.05 Å². The van der Waals surface area contributed by atoms with Crippen LogP contribution in [0.5, 0.6) is 0 Å². The number of likely N-dealkylation sites (N-methyl/N-ethyl adjacent to an activating group) is 1. The van der Waals surface area contributed by atoms with Crippen molar-refractivity contribution < 1.29 is 14.4 Å². The number of aromatic nitrogens is 2. The molecular formula is C20H31N5O3. The van der Waals surface area contributed by atoms with Crippen LogP contribution < -0.4 is 10.6 Å². The average Bonchev–Trinajstić information content (AvgIpc) is 2.88. The lowest BCUT2D eigenvalue weighted by atomic mass is 9.95. The second-order valence-corrected chi connectivity index (χ2v) is 8.50. The van der Waals surface area contributed by atoms with E-state index in [1.165, 1.54) is 28.5 Å². The van der Waals surface area contributed by atoms with Crippen LogP contribution >= 0.6 is 0 Å². The highest BCUT2D eigenvalue weighted by molar-refractivity contribution is 6.01. The highest BCUT2D eigenvalue weighted by Gasteiger charge is 2.46. The van der Waals surface area contributed by atoms with Gasteiger partial charge in [-0.25, -0.2) is 0 Å². The van der Waals surface area contributed by atoms with E-state index in [9.17, 15) is 14.4 Å². The van der Waals surface area contributed by atoms with Gasteiger partial charge < -0.3 is 15.5 Å². The molecule has 1 unspecified atom stereocenters. The molecule has 1 aromatic rings. The first-order chi connectivity index (χ1) is 13.2. The van der Waals surface area contributed by atoms with Crippen LogP contribution in [-0.4, -0.2) is 57.1 Å². The van der Waals surface area contributed by atoms with E-state index in [0.29, 0.717) is 5.69 Å². The molecular weight excluding hydrogens is 358 g/mol. The van der Waals surface area contributed by atoms with E-state index in [1.54, 1.807) is 14.0 Å². The second kappa shape index (κ2) is 7.93. The summed E-state index contributed by atoms with van der Waals surface area (Å²) in [6.45, 7) is 5.71. The Labute approximate surface area is 166 Å². The highest BCUT2D eigenvalue weighted by atomic mass is 16.2. The summed E-state index contributed by atoms with van der Waals surface area (Å²) in [7, 11) is 1.64. The van der Waals surface area contributed by atoms with Gasteiger partial charge in [-0.1, -0.05) is 25.7 Å². The number of carbonyl (C=O) groups is 3. The molecule has 2 heterocycles. The van der Waals surface area contributed by atoms with Crippen molar-refractivity contribution >= 4 is 17.7 Å². The summed E-state index contributed by atoms with van der Waals surface area (Å²) < 4.78 is 1.49. The average molecular weight is 390 g/mol.